The molecule has 0 aliphatic heterocycles. The molecule has 3 aromatic carbocycles. The fourth-order valence-corrected chi connectivity index (χ4v) is 6.43. The molecule has 0 bridgehead atoms. The van der Waals surface area contributed by atoms with E-state index in [0.717, 1.165) is 5.56 Å². The van der Waals surface area contributed by atoms with E-state index in [1.165, 1.54) is 55.3 Å². The van der Waals surface area contributed by atoms with Crippen LogP contribution in [0.3, 0.4) is 0 Å². The fraction of sp³-hybridized carbons (Fsp3) is 0.477. The summed E-state index contributed by atoms with van der Waals surface area (Å²) in [6.45, 7) is 7.18. The number of aromatic hydroxyl groups is 2. The molecule has 0 fully saturated rings. The summed E-state index contributed by atoms with van der Waals surface area (Å²) >= 11 is 0. The van der Waals surface area contributed by atoms with Gasteiger partial charge in [-0.1, -0.05) is 64.1 Å². The zero-order valence-electron chi connectivity index (χ0n) is 35.3. The molecule has 0 aromatic heterocycles. The number of ether oxygens (including phenoxy) is 3. The van der Waals surface area contributed by atoms with Crippen LogP contribution in [0.15, 0.2) is 72.8 Å². The van der Waals surface area contributed by atoms with E-state index in [0.29, 0.717) is 29.7 Å². The van der Waals surface area contributed by atoms with Gasteiger partial charge in [-0.25, -0.2) is 4.79 Å². The number of phenolic OH excluding ortho intramolecular Hbond substituents is 2. The Kier molecular flexibility index (Phi) is 17.5. The number of rotatable bonds is 20. The van der Waals surface area contributed by atoms with Crippen LogP contribution in [0.2, 0.25) is 0 Å². The van der Waals surface area contributed by atoms with Crippen LogP contribution >= 0.6 is 0 Å². The topological polar surface area (TPSA) is 175 Å². The SMILES string of the molecule is CC[C@@H](C)[C@H](OC(=O)[C@@H](Cc1ccc(OC)cc1)N(C)C)C(=O)N[C@@H](C(=O)N(C)[C@@H](Cc1ccc(O)cc1)C(=O)N(C)[C@@H](Cc1ccc(O)cc1)C(=O)OC)C(C)C. The van der Waals surface area contributed by atoms with Crippen LogP contribution in [0.5, 0.6) is 17.2 Å². The summed E-state index contributed by atoms with van der Waals surface area (Å²) in [5.41, 5.74) is 2.15. The number of carbonyl (C=O) groups is 5. The minimum absolute atomic E-state index is 0.00475. The quantitative estimate of drug-likeness (QED) is 0.141. The van der Waals surface area contributed by atoms with Crippen LogP contribution in [-0.2, 0) is 52.7 Å². The Hall–Kier alpha value is -5.63. The molecule has 0 spiro atoms. The maximum absolute atomic E-state index is 14.5. The molecule has 3 N–H and O–H groups in total. The number of hydrogen-bond donors (Lipinski definition) is 3. The molecule has 0 heterocycles. The highest BCUT2D eigenvalue weighted by atomic mass is 16.6. The molecular weight excluding hydrogens is 745 g/mol. The summed E-state index contributed by atoms with van der Waals surface area (Å²) in [6.07, 6.45) is -0.341. The van der Waals surface area contributed by atoms with Gasteiger partial charge in [0.05, 0.1) is 14.2 Å². The highest BCUT2D eigenvalue weighted by Gasteiger charge is 2.40. The lowest BCUT2D eigenvalue weighted by Gasteiger charge is -2.36. The van der Waals surface area contributed by atoms with Gasteiger partial charge in [-0.05, 0) is 85.9 Å². The van der Waals surface area contributed by atoms with Crippen LogP contribution in [0.25, 0.3) is 0 Å². The van der Waals surface area contributed by atoms with Crippen LogP contribution < -0.4 is 10.1 Å². The Labute approximate surface area is 342 Å². The molecule has 14 nitrogen and oxygen atoms in total. The molecular formula is C44H60N4O10. The smallest absolute Gasteiger partial charge is 0.328 e. The minimum Gasteiger partial charge on any atom is -0.508 e. The van der Waals surface area contributed by atoms with E-state index in [2.05, 4.69) is 5.32 Å². The zero-order valence-corrected chi connectivity index (χ0v) is 35.3. The maximum Gasteiger partial charge on any atom is 0.328 e. The molecule has 0 saturated heterocycles. The number of phenols is 2. The molecule has 0 aliphatic rings. The fourth-order valence-electron chi connectivity index (χ4n) is 6.43. The van der Waals surface area contributed by atoms with Gasteiger partial charge in [-0.3, -0.25) is 24.1 Å². The molecule has 0 radical (unpaired) electrons. The summed E-state index contributed by atoms with van der Waals surface area (Å²) in [5.74, 6) is -3.22. The second-order valence-electron chi connectivity index (χ2n) is 15.2. The van der Waals surface area contributed by atoms with Crippen molar-refractivity contribution in [3.63, 3.8) is 0 Å². The Bertz CT molecular complexity index is 1820. The summed E-state index contributed by atoms with van der Waals surface area (Å²) in [5, 5.41) is 22.6. The minimum atomic E-state index is -1.23. The summed E-state index contributed by atoms with van der Waals surface area (Å²) in [7, 11) is 9.21. The predicted molar refractivity (Wildman–Crippen MR) is 219 cm³/mol. The highest BCUT2D eigenvalue weighted by Crippen LogP contribution is 2.22. The van der Waals surface area contributed by atoms with Crippen molar-refractivity contribution in [2.45, 2.75) is 83.6 Å². The lowest BCUT2D eigenvalue weighted by atomic mass is 9.96. The van der Waals surface area contributed by atoms with E-state index in [1.54, 1.807) is 83.3 Å². The third-order valence-corrected chi connectivity index (χ3v) is 10.5. The number of methoxy groups -OCH3 is 2. The van der Waals surface area contributed by atoms with E-state index >= 15 is 0 Å². The van der Waals surface area contributed by atoms with Crippen molar-refractivity contribution in [1.29, 1.82) is 0 Å². The normalized spacial score (nSPS) is 14.3. The standard InChI is InChI=1S/C44H60N4O10/c1-11-28(4)39(58-44(55)36(46(5)6)25-31-16-22-34(56-9)23-17-31)40(51)45-38(27(2)3)42(53)47(7)35(24-29-12-18-32(49)19-13-29)41(52)48(8)37(43(54)57-10)26-30-14-20-33(50)21-15-30/h12-23,27-28,35-39,49-50H,11,24-26H2,1-10H3,(H,45,51)/t28-,35+,36-,37+,38-,39+/m1/s1. The number of nitrogens with zero attached hydrogens (tertiary/aromatic N) is 3. The Balaban J connectivity index is 1.92. The third kappa shape index (κ3) is 12.7. The first-order valence-electron chi connectivity index (χ1n) is 19.4. The maximum atomic E-state index is 14.5. The zero-order chi connectivity index (χ0) is 43.3. The van der Waals surface area contributed by atoms with Crippen LogP contribution in [-0.4, -0.2) is 127 Å². The van der Waals surface area contributed by atoms with Gasteiger partial charge >= 0.3 is 11.9 Å². The van der Waals surface area contributed by atoms with Gasteiger partial charge in [0.2, 0.25) is 11.8 Å². The van der Waals surface area contributed by atoms with Crippen molar-refractivity contribution >= 4 is 29.7 Å². The number of nitrogens with one attached hydrogen (secondary N) is 1. The van der Waals surface area contributed by atoms with Crippen molar-refractivity contribution in [2.75, 3.05) is 42.4 Å². The number of benzene rings is 3. The summed E-state index contributed by atoms with van der Waals surface area (Å²) in [6, 6.07) is 15.6. The molecule has 6 atom stereocenters. The lowest BCUT2D eigenvalue weighted by molar-refractivity contribution is -0.164. The number of amides is 3. The van der Waals surface area contributed by atoms with Crippen LogP contribution in [0.1, 0.15) is 50.8 Å². The molecule has 0 saturated carbocycles. The Morgan fingerprint density at radius 2 is 1.09 bits per heavy atom. The van der Waals surface area contributed by atoms with Gasteiger partial charge in [0.15, 0.2) is 6.10 Å². The van der Waals surface area contributed by atoms with Gasteiger partial charge in [-0.15, -0.1) is 0 Å². The summed E-state index contributed by atoms with van der Waals surface area (Å²) in [4.78, 5) is 74.2. The molecule has 3 amide bonds. The number of carbonyl (C=O) groups excluding carboxylic acids is 5. The third-order valence-electron chi connectivity index (χ3n) is 10.5. The molecule has 0 aliphatic carbocycles. The summed E-state index contributed by atoms with van der Waals surface area (Å²) < 4.78 is 16.3. The van der Waals surface area contributed by atoms with Gasteiger partial charge in [0.1, 0.15) is 41.4 Å². The van der Waals surface area contributed by atoms with Crippen molar-refractivity contribution in [1.82, 2.24) is 20.0 Å². The second kappa shape index (κ2) is 21.8. The number of likely N-dealkylation sites (N-methyl/N-ethyl adjacent to an activating group) is 3. The van der Waals surface area contributed by atoms with E-state index in [9.17, 15) is 34.2 Å². The van der Waals surface area contributed by atoms with Gasteiger partial charge in [0, 0.05) is 32.9 Å². The molecule has 316 valence electrons. The largest absolute Gasteiger partial charge is 0.508 e. The molecule has 14 heteroatoms. The highest BCUT2D eigenvalue weighted by molar-refractivity contribution is 5.95. The molecule has 3 rings (SSSR count). The van der Waals surface area contributed by atoms with Gasteiger partial charge in [0.25, 0.3) is 5.91 Å². The van der Waals surface area contributed by atoms with Crippen molar-refractivity contribution < 1.29 is 48.4 Å². The average molecular weight is 805 g/mol. The lowest BCUT2D eigenvalue weighted by Crippen LogP contribution is -2.59. The van der Waals surface area contributed by atoms with E-state index in [4.69, 9.17) is 14.2 Å². The average Bonchev–Trinajstić information content (AvgIpc) is 3.21. The van der Waals surface area contributed by atoms with Crippen LogP contribution in [0, 0.1) is 11.8 Å². The Morgan fingerprint density at radius 3 is 1.52 bits per heavy atom. The monoisotopic (exact) mass is 804 g/mol. The Morgan fingerprint density at radius 1 is 0.638 bits per heavy atom. The first-order chi connectivity index (χ1) is 27.4. The van der Waals surface area contributed by atoms with Gasteiger partial charge in [-0.2, -0.15) is 0 Å². The molecule has 0 unspecified atom stereocenters. The number of hydrogen-bond acceptors (Lipinski definition) is 11. The van der Waals surface area contributed by atoms with E-state index < -0.39 is 71.8 Å². The molecule has 58 heavy (non-hydrogen) atoms. The van der Waals surface area contributed by atoms with Gasteiger partial charge < -0.3 is 39.5 Å². The van der Waals surface area contributed by atoms with Crippen LogP contribution in [0.4, 0.5) is 0 Å². The molecule has 3 aromatic rings. The number of esters is 2. The van der Waals surface area contributed by atoms with Crippen molar-refractivity contribution in [3.8, 4) is 17.2 Å². The van der Waals surface area contributed by atoms with E-state index in [-0.39, 0.29) is 24.3 Å². The first-order valence-corrected chi connectivity index (χ1v) is 19.4. The van der Waals surface area contributed by atoms with Crippen molar-refractivity contribution in [3.05, 3.63) is 89.5 Å². The predicted octanol–water partition coefficient (Wildman–Crippen LogP) is 3.99. The van der Waals surface area contributed by atoms with E-state index in [1.807, 2.05) is 19.1 Å². The first kappa shape index (κ1) is 46.8. The van der Waals surface area contributed by atoms with Crippen molar-refractivity contribution in [2.24, 2.45) is 11.8 Å². The second-order valence-corrected chi connectivity index (χ2v) is 15.2.